The molecule has 0 spiro atoms. The van der Waals surface area contributed by atoms with Crippen LogP contribution in [0.5, 0.6) is 0 Å². The van der Waals surface area contributed by atoms with Crippen molar-refractivity contribution in [3.8, 4) is 0 Å². The van der Waals surface area contributed by atoms with Crippen LogP contribution in [-0.4, -0.2) is 49.1 Å². The number of nitrogens with zero attached hydrogens (tertiary/aromatic N) is 1. The molecule has 18 heavy (non-hydrogen) atoms. The molecule has 1 aliphatic rings. The number of amides is 1. The van der Waals surface area contributed by atoms with Crippen molar-refractivity contribution in [3.05, 3.63) is 0 Å². The fraction of sp³-hybridized carbons (Fsp3) is 0.929. The average Bonchev–Trinajstić information content (AvgIpc) is 2.87. The molecule has 0 aliphatic carbocycles. The lowest BCUT2D eigenvalue weighted by Crippen LogP contribution is -2.54. The quantitative estimate of drug-likeness (QED) is 0.688. The summed E-state index contributed by atoms with van der Waals surface area (Å²) in [6, 6.07) is 0. The predicted octanol–water partition coefficient (Wildman–Crippen LogP) is 1.37. The molecule has 0 aromatic carbocycles. The van der Waals surface area contributed by atoms with Gasteiger partial charge in [-0.05, 0) is 45.3 Å². The van der Waals surface area contributed by atoms with Gasteiger partial charge in [-0.3, -0.25) is 4.79 Å². The Morgan fingerprint density at radius 2 is 2.11 bits per heavy atom. The van der Waals surface area contributed by atoms with Crippen LogP contribution in [0.2, 0.25) is 0 Å². The van der Waals surface area contributed by atoms with Gasteiger partial charge in [-0.1, -0.05) is 20.8 Å². The van der Waals surface area contributed by atoms with Crippen molar-refractivity contribution in [2.45, 2.75) is 52.0 Å². The van der Waals surface area contributed by atoms with Crippen molar-refractivity contribution in [1.82, 2.24) is 15.5 Å². The van der Waals surface area contributed by atoms with E-state index >= 15 is 0 Å². The third-order valence-electron chi connectivity index (χ3n) is 3.98. The molecule has 2 N–H and O–H groups in total. The van der Waals surface area contributed by atoms with E-state index in [-0.39, 0.29) is 11.4 Å². The zero-order valence-electron chi connectivity index (χ0n) is 12.2. The molecule has 0 bridgehead atoms. The third kappa shape index (κ3) is 3.95. The Bertz CT molecular complexity index is 249. The van der Waals surface area contributed by atoms with Gasteiger partial charge in [0.2, 0.25) is 5.91 Å². The van der Waals surface area contributed by atoms with E-state index in [0.29, 0.717) is 0 Å². The minimum Gasteiger partial charge on any atom is -0.353 e. The fourth-order valence-electron chi connectivity index (χ4n) is 2.70. The first-order valence-electron chi connectivity index (χ1n) is 7.44. The summed E-state index contributed by atoms with van der Waals surface area (Å²) >= 11 is 0. The van der Waals surface area contributed by atoms with Gasteiger partial charge in [-0.25, -0.2) is 0 Å². The molecule has 106 valence electrons. The standard InChI is InChI=1S/C14H29N3O/c1-4-11-17(6-3)12-10-15-13(18)14(5-2)8-7-9-16-14/h16H,4-12H2,1-3H3,(H,15,18). The van der Waals surface area contributed by atoms with E-state index in [4.69, 9.17) is 0 Å². The van der Waals surface area contributed by atoms with Gasteiger partial charge in [0.1, 0.15) is 0 Å². The summed E-state index contributed by atoms with van der Waals surface area (Å²) in [5, 5.41) is 6.47. The number of rotatable bonds is 8. The van der Waals surface area contributed by atoms with E-state index in [9.17, 15) is 4.79 Å². The molecule has 1 saturated heterocycles. The molecule has 0 saturated carbocycles. The van der Waals surface area contributed by atoms with Gasteiger partial charge >= 0.3 is 0 Å². The summed E-state index contributed by atoms with van der Waals surface area (Å²) < 4.78 is 0. The average molecular weight is 255 g/mol. The zero-order valence-corrected chi connectivity index (χ0v) is 12.2. The zero-order chi connectivity index (χ0) is 13.4. The number of carbonyl (C=O) groups is 1. The van der Waals surface area contributed by atoms with Gasteiger partial charge < -0.3 is 15.5 Å². The molecule has 4 nitrogen and oxygen atoms in total. The second-order valence-corrected chi connectivity index (χ2v) is 5.16. The van der Waals surface area contributed by atoms with Crippen LogP contribution in [0.25, 0.3) is 0 Å². The first-order chi connectivity index (χ1) is 8.68. The van der Waals surface area contributed by atoms with Gasteiger partial charge in [0.15, 0.2) is 0 Å². The molecule has 0 aromatic heterocycles. The highest BCUT2D eigenvalue weighted by Gasteiger charge is 2.38. The van der Waals surface area contributed by atoms with E-state index < -0.39 is 0 Å². The molecule has 0 aromatic rings. The monoisotopic (exact) mass is 255 g/mol. The van der Waals surface area contributed by atoms with Gasteiger partial charge in [-0.2, -0.15) is 0 Å². The largest absolute Gasteiger partial charge is 0.353 e. The first kappa shape index (κ1) is 15.4. The summed E-state index contributed by atoms with van der Waals surface area (Å²) in [6.07, 6.45) is 4.13. The lowest BCUT2D eigenvalue weighted by Gasteiger charge is -2.27. The van der Waals surface area contributed by atoms with Gasteiger partial charge in [0, 0.05) is 13.1 Å². The van der Waals surface area contributed by atoms with Crippen molar-refractivity contribution in [2.75, 3.05) is 32.7 Å². The number of hydrogen-bond donors (Lipinski definition) is 2. The van der Waals surface area contributed by atoms with E-state index in [1.165, 1.54) is 6.42 Å². The summed E-state index contributed by atoms with van der Waals surface area (Å²) in [5.74, 6) is 0.190. The molecule has 4 heteroatoms. The predicted molar refractivity (Wildman–Crippen MR) is 75.7 cm³/mol. The van der Waals surface area contributed by atoms with Crippen LogP contribution in [0.15, 0.2) is 0 Å². The maximum atomic E-state index is 12.2. The topological polar surface area (TPSA) is 44.4 Å². The van der Waals surface area contributed by atoms with Crippen LogP contribution in [-0.2, 0) is 4.79 Å². The Labute approximate surface area is 111 Å². The Hall–Kier alpha value is -0.610. The van der Waals surface area contributed by atoms with Crippen LogP contribution in [0.4, 0.5) is 0 Å². The maximum absolute atomic E-state index is 12.2. The smallest absolute Gasteiger partial charge is 0.240 e. The second kappa shape index (κ2) is 7.74. The molecule has 1 fully saturated rings. The lowest BCUT2D eigenvalue weighted by molar-refractivity contribution is -0.127. The molecule has 1 rings (SSSR count). The highest BCUT2D eigenvalue weighted by molar-refractivity contribution is 5.86. The number of hydrogen-bond acceptors (Lipinski definition) is 3. The maximum Gasteiger partial charge on any atom is 0.240 e. The van der Waals surface area contributed by atoms with Crippen molar-refractivity contribution in [2.24, 2.45) is 0 Å². The van der Waals surface area contributed by atoms with Crippen LogP contribution >= 0.6 is 0 Å². The Morgan fingerprint density at radius 3 is 2.61 bits per heavy atom. The Balaban J connectivity index is 2.31. The van der Waals surface area contributed by atoms with Crippen molar-refractivity contribution >= 4 is 5.91 Å². The SMILES string of the molecule is CCCN(CC)CCNC(=O)C1(CC)CCCN1. The fourth-order valence-corrected chi connectivity index (χ4v) is 2.70. The number of likely N-dealkylation sites (N-methyl/N-ethyl adjacent to an activating group) is 1. The highest BCUT2D eigenvalue weighted by atomic mass is 16.2. The normalized spacial score (nSPS) is 23.6. The van der Waals surface area contributed by atoms with Crippen LogP contribution in [0, 0.1) is 0 Å². The number of nitrogens with one attached hydrogen (secondary N) is 2. The van der Waals surface area contributed by atoms with Gasteiger partial charge in [0.25, 0.3) is 0 Å². The third-order valence-corrected chi connectivity index (χ3v) is 3.98. The van der Waals surface area contributed by atoms with Gasteiger partial charge in [0.05, 0.1) is 5.54 Å². The molecular weight excluding hydrogens is 226 g/mol. The molecular formula is C14H29N3O. The van der Waals surface area contributed by atoms with E-state index in [2.05, 4.69) is 36.3 Å². The summed E-state index contributed by atoms with van der Waals surface area (Å²) in [7, 11) is 0. The minimum absolute atomic E-state index is 0.190. The van der Waals surface area contributed by atoms with Crippen molar-refractivity contribution < 1.29 is 4.79 Å². The Kier molecular flexibility index (Phi) is 6.65. The van der Waals surface area contributed by atoms with E-state index in [1.54, 1.807) is 0 Å². The molecule has 1 heterocycles. The van der Waals surface area contributed by atoms with Crippen molar-refractivity contribution in [3.63, 3.8) is 0 Å². The summed E-state index contributed by atoms with van der Waals surface area (Å²) in [4.78, 5) is 14.6. The molecule has 0 radical (unpaired) electrons. The van der Waals surface area contributed by atoms with Crippen LogP contribution in [0.3, 0.4) is 0 Å². The van der Waals surface area contributed by atoms with E-state index in [1.807, 2.05) is 0 Å². The Morgan fingerprint density at radius 1 is 1.33 bits per heavy atom. The molecule has 1 amide bonds. The van der Waals surface area contributed by atoms with Crippen molar-refractivity contribution in [1.29, 1.82) is 0 Å². The van der Waals surface area contributed by atoms with Gasteiger partial charge in [-0.15, -0.1) is 0 Å². The molecule has 1 unspecified atom stereocenters. The second-order valence-electron chi connectivity index (χ2n) is 5.16. The molecule has 1 atom stereocenters. The minimum atomic E-state index is -0.290. The molecule has 1 aliphatic heterocycles. The lowest BCUT2D eigenvalue weighted by atomic mass is 9.93. The highest BCUT2D eigenvalue weighted by Crippen LogP contribution is 2.22. The van der Waals surface area contributed by atoms with Crippen LogP contribution in [0.1, 0.15) is 46.5 Å². The summed E-state index contributed by atoms with van der Waals surface area (Å²) in [5.41, 5.74) is -0.290. The number of carbonyl (C=O) groups excluding carboxylic acids is 1. The van der Waals surface area contributed by atoms with Crippen LogP contribution < -0.4 is 10.6 Å². The first-order valence-corrected chi connectivity index (χ1v) is 7.44. The summed E-state index contributed by atoms with van der Waals surface area (Å²) in [6.45, 7) is 11.3. The van der Waals surface area contributed by atoms with E-state index in [0.717, 1.165) is 52.0 Å².